The zero-order chi connectivity index (χ0) is 9.26. The molecule has 0 atom stereocenters. The Hall–Kier alpha value is -0.670. The van der Waals surface area contributed by atoms with Crippen molar-refractivity contribution in [3.05, 3.63) is 23.8 Å². The summed E-state index contributed by atoms with van der Waals surface area (Å²) in [7, 11) is 0. The van der Waals surface area contributed by atoms with Crippen LogP contribution in [0.3, 0.4) is 0 Å². The molecule has 0 saturated heterocycles. The van der Waals surface area contributed by atoms with Crippen molar-refractivity contribution in [2.75, 3.05) is 18.1 Å². The third kappa shape index (κ3) is 1.67. The van der Waals surface area contributed by atoms with Gasteiger partial charge in [0, 0.05) is 11.4 Å². The van der Waals surface area contributed by atoms with Gasteiger partial charge in [-0.3, -0.25) is 0 Å². The van der Waals surface area contributed by atoms with Crippen molar-refractivity contribution in [1.29, 1.82) is 0 Å². The quantitative estimate of drug-likeness (QED) is 0.691. The monoisotopic (exact) mass is 194 g/mol. The number of nitrogens with one attached hydrogen (secondary N) is 1. The van der Waals surface area contributed by atoms with Crippen LogP contribution >= 0.6 is 11.9 Å². The number of rotatable bonds is 1. The summed E-state index contributed by atoms with van der Waals surface area (Å²) in [5.74, 6) is 0. The first kappa shape index (κ1) is 8.91. The Morgan fingerprint density at radius 3 is 3.15 bits per heavy atom. The molecule has 2 nitrogen and oxygen atoms in total. The molecule has 0 fully saturated rings. The molecule has 0 amide bonds. The van der Waals surface area contributed by atoms with E-state index in [1.165, 1.54) is 16.1 Å². The highest BCUT2D eigenvalue weighted by atomic mass is 32.2. The van der Waals surface area contributed by atoms with Crippen molar-refractivity contribution in [2.24, 2.45) is 0 Å². The number of anilines is 1. The standard InChI is InChI=1S/C10H14N2S/c1-3-12-7-11-13-10-6-8(2)4-5-9(10)12/h4-6,11H,3,7H2,1-2H3. The number of aryl methyl sites for hydroxylation is 1. The molecule has 13 heavy (non-hydrogen) atoms. The number of fused-ring (bicyclic) bond motifs is 1. The van der Waals surface area contributed by atoms with Gasteiger partial charge in [-0.05, 0) is 43.5 Å². The molecular weight excluding hydrogens is 180 g/mol. The molecule has 1 N–H and O–H groups in total. The van der Waals surface area contributed by atoms with Gasteiger partial charge >= 0.3 is 0 Å². The second-order valence-corrected chi connectivity index (χ2v) is 4.16. The Bertz CT molecular complexity index is 312. The molecule has 1 heterocycles. The predicted molar refractivity (Wildman–Crippen MR) is 58.1 cm³/mol. The number of benzene rings is 1. The lowest BCUT2D eigenvalue weighted by atomic mass is 10.2. The molecule has 0 aromatic heterocycles. The summed E-state index contributed by atoms with van der Waals surface area (Å²) in [6.45, 7) is 6.31. The van der Waals surface area contributed by atoms with Crippen LogP contribution in [0.2, 0.25) is 0 Å². The number of hydrogen-bond acceptors (Lipinski definition) is 3. The second kappa shape index (κ2) is 3.60. The Morgan fingerprint density at radius 2 is 2.38 bits per heavy atom. The van der Waals surface area contributed by atoms with Crippen molar-refractivity contribution in [3.8, 4) is 0 Å². The van der Waals surface area contributed by atoms with Gasteiger partial charge in [0.05, 0.1) is 12.4 Å². The van der Waals surface area contributed by atoms with E-state index in [0.29, 0.717) is 0 Å². The Balaban J connectivity index is 2.40. The maximum atomic E-state index is 3.31. The fourth-order valence-electron chi connectivity index (χ4n) is 1.52. The topological polar surface area (TPSA) is 15.3 Å². The molecule has 1 aliphatic heterocycles. The lowest BCUT2D eigenvalue weighted by Crippen LogP contribution is -2.34. The summed E-state index contributed by atoms with van der Waals surface area (Å²) in [5.41, 5.74) is 2.68. The third-order valence-electron chi connectivity index (χ3n) is 2.28. The van der Waals surface area contributed by atoms with Crippen molar-refractivity contribution in [2.45, 2.75) is 18.7 Å². The van der Waals surface area contributed by atoms with Crippen LogP contribution in [0.15, 0.2) is 23.1 Å². The van der Waals surface area contributed by atoms with Crippen LogP contribution in [0.1, 0.15) is 12.5 Å². The van der Waals surface area contributed by atoms with Crippen LogP contribution in [0.4, 0.5) is 5.69 Å². The van der Waals surface area contributed by atoms with E-state index in [-0.39, 0.29) is 0 Å². The fraction of sp³-hybridized carbons (Fsp3) is 0.400. The van der Waals surface area contributed by atoms with Gasteiger partial charge in [-0.2, -0.15) is 0 Å². The normalized spacial score (nSPS) is 15.7. The van der Waals surface area contributed by atoms with Crippen LogP contribution < -0.4 is 9.62 Å². The molecule has 0 unspecified atom stereocenters. The summed E-state index contributed by atoms with van der Waals surface area (Å²) >= 11 is 1.73. The molecular formula is C10H14N2S. The first-order chi connectivity index (χ1) is 6.31. The predicted octanol–water partition coefficient (Wildman–Crippen LogP) is 2.39. The smallest absolute Gasteiger partial charge is 0.0778 e. The summed E-state index contributed by atoms with van der Waals surface area (Å²) in [6, 6.07) is 6.62. The average molecular weight is 194 g/mol. The van der Waals surface area contributed by atoms with Gasteiger partial charge in [0.25, 0.3) is 0 Å². The lowest BCUT2D eigenvalue weighted by Gasteiger charge is -2.30. The molecule has 3 heteroatoms. The fourth-order valence-corrected chi connectivity index (χ4v) is 2.44. The maximum absolute atomic E-state index is 3.31. The van der Waals surface area contributed by atoms with E-state index in [1.54, 1.807) is 11.9 Å². The number of hydrogen-bond donors (Lipinski definition) is 1. The van der Waals surface area contributed by atoms with Crippen LogP contribution in [-0.2, 0) is 0 Å². The van der Waals surface area contributed by atoms with E-state index < -0.39 is 0 Å². The Kier molecular flexibility index (Phi) is 2.47. The van der Waals surface area contributed by atoms with E-state index in [9.17, 15) is 0 Å². The van der Waals surface area contributed by atoms with Gasteiger partial charge < -0.3 is 4.90 Å². The number of nitrogens with zero attached hydrogens (tertiary/aromatic N) is 1. The van der Waals surface area contributed by atoms with Crippen molar-refractivity contribution >= 4 is 17.6 Å². The highest BCUT2D eigenvalue weighted by molar-refractivity contribution is 7.97. The molecule has 0 bridgehead atoms. The van der Waals surface area contributed by atoms with E-state index in [2.05, 4.69) is 41.7 Å². The highest BCUT2D eigenvalue weighted by Crippen LogP contribution is 2.32. The molecule has 0 spiro atoms. The molecule has 0 radical (unpaired) electrons. The van der Waals surface area contributed by atoms with Crippen LogP contribution in [0, 0.1) is 6.92 Å². The molecule has 0 saturated carbocycles. The van der Waals surface area contributed by atoms with Crippen LogP contribution in [0.25, 0.3) is 0 Å². The van der Waals surface area contributed by atoms with E-state index in [0.717, 1.165) is 13.2 Å². The lowest BCUT2D eigenvalue weighted by molar-refractivity contribution is 0.784. The minimum atomic E-state index is 0.942. The minimum absolute atomic E-state index is 0.942. The average Bonchev–Trinajstić information content (AvgIpc) is 2.16. The molecule has 1 aliphatic rings. The van der Waals surface area contributed by atoms with Gasteiger partial charge in [0.2, 0.25) is 0 Å². The van der Waals surface area contributed by atoms with Gasteiger partial charge in [-0.15, -0.1) is 0 Å². The maximum Gasteiger partial charge on any atom is 0.0778 e. The summed E-state index contributed by atoms with van der Waals surface area (Å²) in [4.78, 5) is 3.68. The van der Waals surface area contributed by atoms with Gasteiger partial charge in [0.15, 0.2) is 0 Å². The zero-order valence-electron chi connectivity index (χ0n) is 8.00. The minimum Gasteiger partial charge on any atom is -0.357 e. The molecule has 1 aromatic rings. The van der Waals surface area contributed by atoms with E-state index in [1.807, 2.05) is 0 Å². The molecule has 0 aliphatic carbocycles. The molecule has 70 valence electrons. The van der Waals surface area contributed by atoms with Gasteiger partial charge in [-0.1, -0.05) is 6.07 Å². The largest absolute Gasteiger partial charge is 0.357 e. The van der Waals surface area contributed by atoms with Crippen LogP contribution in [-0.4, -0.2) is 13.2 Å². The second-order valence-electron chi connectivity index (χ2n) is 3.23. The van der Waals surface area contributed by atoms with E-state index in [4.69, 9.17) is 0 Å². The van der Waals surface area contributed by atoms with Crippen molar-refractivity contribution < 1.29 is 0 Å². The third-order valence-corrected chi connectivity index (χ3v) is 3.10. The molecule has 1 aromatic carbocycles. The van der Waals surface area contributed by atoms with Gasteiger partial charge in [0.1, 0.15) is 0 Å². The first-order valence-electron chi connectivity index (χ1n) is 4.56. The van der Waals surface area contributed by atoms with Gasteiger partial charge in [-0.25, -0.2) is 4.72 Å². The highest BCUT2D eigenvalue weighted by Gasteiger charge is 2.14. The zero-order valence-corrected chi connectivity index (χ0v) is 8.82. The Morgan fingerprint density at radius 1 is 1.54 bits per heavy atom. The van der Waals surface area contributed by atoms with Crippen molar-refractivity contribution in [3.63, 3.8) is 0 Å². The summed E-state index contributed by atoms with van der Waals surface area (Å²) in [6.07, 6.45) is 0. The summed E-state index contributed by atoms with van der Waals surface area (Å²) < 4.78 is 3.31. The first-order valence-corrected chi connectivity index (χ1v) is 5.38. The van der Waals surface area contributed by atoms with Crippen molar-refractivity contribution in [1.82, 2.24) is 4.72 Å². The molecule has 2 rings (SSSR count). The Labute approximate surface area is 83.5 Å². The SMILES string of the molecule is CCN1CNSc2cc(C)ccc21. The summed E-state index contributed by atoms with van der Waals surface area (Å²) in [5, 5.41) is 0. The van der Waals surface area contributed by atoms with Crippen LogP contribution in [0.5, 0.6) is 0 Å². The van der Waals surface area contributed by atoms with E-state index >= 15 is 0 Å².